The molecule has 0 saturated heterocycles. The fourth-order valence-electron chi connectivity index (χ4n) is 0.758. The molecule has 0 aliphatic rings. The zero-order valence-electron chi connectivity index (χ0n) is 6.83. The Hall–Kier alpha value is -0.940. The highest BCUT2D eigenvalue weighted by molar-refractivity contribution is 7.71. The largest absolute Gasteiger partial charge is 0.383 e. The van der Waals surface area contributed by atoms with Gasteiger partial charge in [0.2, 0.25) is 0 Å². The maximum absolute atomic E-state index is 4.88. The van der Waals surface area contributed by atoms with Crippen LogP contribution < -0.4 is 5.32 Å². The molecule has 1 aromatic heterocycles. The fraction of sp³-hybridized carbons (Fsp3) is 0.429. The number of nitrogens with zero attached hydrogens (tertiary/aromatic N) is 1. The molecule has 0 fully saturated rings. The molecule has 4 nitrogen and oxygen atoms in total. The first-order valence-electron chi connectivity index (χ1n) is 3.60. The van der Waals surface area contributed by atoms with Crippen molar-refractivity contribution in [3.8, 4) is 0 Å². The van der Waals surface area contributed by atoms with Crippen molar-refractivity contribution in [2.75, 3.05) is 25.6 Å². The SMILES string of the molecule is COCCNc1cc(=S)nc[nH]1. The summed E-state index contributed by atoms with van der Waals surface area (Å²) in [7, 11) is 1.66. The molecule has 0 amide bonds. The van der Waals surface area contributed by atoms with Gasteiger partial charge in [-0.25, -0.2) is 4.98 Å². The second-order valence-corrected chi connectivity index (χ2v) is 2.64. The Bertz CT molecular complexity index is 286. The normalized spacial score (nSPS) is 9.75. The van der Waals surface area contributed by atoms with E-state index in [-0.39, 0.29) is 0 Å². The van der Waals surface area contributed by atoms with E-state index in [2.05, 4.69) is 15.3 Å². The van der Waals surface area contributed by atoms with Crippen LogP contribution in [0.15, 0.2) is 12.4 Å². The van der Waals surface area contributed by atoms with Crippen LogP contribution in [0.1, 0.15) is 0 Å². The van der Waals surface area contributed by atoms with Crippen LogP contribution in [0.2, 0.25) is 0 Å². The molecular weight excluding hydrogens is 174 g/mol. The van der Waals surface area contributed by atoms with Gasteiger partial charge in [-0.1, -0.05) is 12.2 Å². The van der Waals surface area contributed by atoms with Gasteiger partial charge >= 0.3 is 0 Å². The minimum Gasteiger partial charge on any atom is -0.383 e. The number of ether oxygens (including phenoxy) is 1. The van der Waals surface area contributed by atoms with Gasteiger partial charge in [-0.05, 0) is 0 Å². The summed E-state index contributed by atoms with van der Waals surface area (Å²) in [6.45, 7) is 1.43. The van der Waals surface area contributed by atoms with Crippen LogP contribution in [0.4, 0.5) is 5.82 Å². The fourth-order valence-corrected chi connectivity index (χ4v) is 0.928. The van der Waals surface area contributed by atoms with Crippen molar-refractivity contribution in [1.82, 2.24) is 9.97 Å². The molecule has 5 heteroatoms. The van der Waals surface area contributed by atoms with Gasteiger partial charge < -0.3 is 15.0 Å². The van der Waals surface area contributed by atoms with Crippen LogP contribution in [0.5, 0.6) is 0 Å². The second kappa shape index (κ2) is 4.84. The van der Waals surface area contributed by atoms with Crippen LogP contribution in [-0.2, 0) is 4.74 Å². The van der Waals surface area contributed by atoms with Crippen molar-refractivity contribution in [2.45, 2.75) is 0 Å². The van der Waals surface area contributed by atoms with E-state index in [1.165, 1.54) is 0 Å². The Balaban J connectivity index is 2.47. The number of methoxy groups -OCH3 is 1. The van der Waals surface area contributed by atoms with Crippen LogP contribution in [-0.4, -0.2) is 30.2 Å². The van der Waals surface area contributed by atoms with E-state index in [9.17, 15) is 0 Å². The Labute approximate surface area is 76.0 Å². The van der Waals surface area contributed by atoms with E-state index in [4.69, 9.17) is 17.0 Å². The lowest BCUT2D eigenvalue weighted by Crippen LogP contribution is -2.08. The molecular formula is C7H11N3OS. The number of rotatable bonds is 4. The number of aromatic amines is 1. The van der Waals surface area contributed by atoms with Crippen LogP contribution >= 0.6 is 12.2 Å². The van der Waals surface area contributed by atoms with E-state index in [0.717, 1.165) is 12.4 Å². The number of anilines is 1. The summed E-state index contributed by atoms with van der Waals surface area (Å²) in [5, 5.41) is 3.10. The molecule has 0 spiro atoms. The molecule has 1 heterocycles. The summed E-state index contributed by atoms with van der Waals surface area (Å²) in [5.41, 5.74) is 0. The average Bonchev–Trinajstić information content (AvgIpc) is 2.05. The number of aromatic nitrogens is 2. The Morgan fingerprint density at radius 3 is 3.25 bits per heavy atom. The molecule has 0 radical (unpaired) electrons. The molecule has 0 saturated carbocycles. The third kappa shape index (κ3) is 2.98. The highest BCUT2D eigenvalue weighted by Crippen LogP contribution is 1.98. The lowest BCUT2D eigenvalue weighted by Gasteiger charge is -2.03. The van der Waals surface area contributed by atoms with E-state index in [0.29, 0.717) is 11.2 Å². The molecule has 1 rings (SSSR count). The van der Waals surface area contributed by atoms with Crippen molar-refractivity contribution in [2.24, 2.45) is 0 Å². The van der Waals surface area contributed by atoms with E-state index in [1.54, 1.807) is 19.5 Å². The molecule has 0 aromatic carbocycles. The summed E-state index contributed by atoms with van der Waals surface area (Å²) >= 11 is 4.88. The summed E-state index contributed by atoms with van der Waals surface area (Å²) in [6, 6.07) is 1.77. The minimum atomic E-state index is 0.577. The van der Waals surface area contributed by atoms with E-state index >= 15 is 0 Å². The summed E-state index contributed by atoms with van der Waals surface area (Å²) in [4.78, 5) is 6.78. The third-order valence-corrected chi connectivity index (χ3v) is 1.52. The molecule has 66 valence electrons. The molecule has 0 unspecified atom stereocenters. The van der Waals surface area contributed by atoms with Crippen molar-refractivity contribution < 1.29 is 4.74 Å². The zero-order valence-corrected chi connectivity index (χ0v) is 7.65. The first kappa shape index (κ1) is 9.15. The maximum atomic E-state index is 4.88. The monoisotopic (exact) mass is 185 g/mol. The van der Waals surface area contributed by atoms with E-state index in [1.807, 2.05) is 0 Å². The summed E-state index contributed by atoms with van der Waals surface area (Å²) in [6.07, 6.45) is 1.57. The van der Waals surface area contributed by atoms with Gasteiger partial charge in [0.25, 0.3) is 0 Å². The first-order valence-corrected chi connectivity index (χ1v) is 4.01. The van der Waals surface area contributed by atoms with Gasteiger partial charge in [-0.15, -0.1) is 0 Å². The predicted molar refractivity (Wildman–Crippen MR) is 49.8 cm³/mol. The zero-order chi connectivity index (χ0) is 8.81. The number of hydrogen-bond acceptors (Lipinski definition) is 4. The van der Waals surface area contributed by atoms with Gasteiger partial charge in [0.1, 0.15) is 10.5 Å². The molecule has 1 aromatic rings. The highest BCUT2D eigenvalue weighted by atomic mass is 32.1. The Morgan fingerprint density at radius 2 is 2.58 bits per heavy atom. The van der Waals surface area contributed by atoms with Gasteiger partial charge in [-0.2, -0.15) is 0 Å². The molecule has 2 N–H and O–H groups in total. The highest BCUT2D eigenvalue weighted by Gasteiger charge is 1.89. The lowest BCUT2D eigenvalue weighted by molar-refractivity contribution is 0.210. The average molecular weight is 185 g/mol. The van der Waals surface area contributed by atoms with Gasteiger partial charge in [0, 0.05) is 19.7 Å². The van der Waals surface area contributed by atoms with Gasteiger partial charge in [0.15, 0.2) is 0 Å². The first-order chi connectivity index (χ1) is 5.83. The smallest absolute Gasteiger partial charge is 0.131 e. The van der Waals surface area contributed by atoms with Crippen molar-refractivity contribution in [3.05, 3.63) is 17.0 Å². The number of hydrogen-bond donors (Lipinski definition) is 2. The summed E-state index contributed by atoms with van der Waals surface area (Å²) in [5.74, 6) is 0.868. The second-order valence-electron chi connectivity index (χ2n) is 2.22. The molecule has 0 aliphatic carbocycles. The third-order valence-electron chi connectivity index (χ3n) is 1.30. The van der Waals surface area contributed by atoms with Gasteiger partial charge in [0.05, 0.1) is 12.9 Å². The minimum absolute atomic E-state index is 0.577. The summed E-state index contributed by atoms with van der Waals surface area (Å²) < 4.78 is 5.45. The van der Waals surface area contributed by atoms with Crippen molar-refractivity contribution in [3.63, 3.8) is 0 Å². The van der Waals surface area contributed by atoms with Crippen molar-refractivity contribution in [1.29, 1.82) is 0 Å². The number of H-pyrrole nitrogens is 1. The molecule has 0 atom stereocenters. The Kier molecular flexibility index (Phi) is 3.69. The topological polar surface area (TPSA) is 49.9 Å². The molecule has 0 bridgehead atoms. The van der Waals surface area contributed by atoms with E-state index < -0.39 is 0 Å². The van der Waals surface area contributed by atoms with Crippen molar-refractivity contribution >= 4 is 18.0 Å². The standard InChI is InChI=1S/C7H11N3OS/c1-11-3-2-8-6-4-7(12)10-5-9-6/h4-5H,2-3H2,1H3,(H2,8,9,10,12). The number of nitrogens with one attached hydrogen (secondary N) is 2. The molecule has 0 aliphatic heterocycles. The predicted octanol–water partition coefficient (Wildman–Crippen LogP) is 1.20. The van der Waals surface area contributed by atoms with Crippen LogP contribution in [0.25, 0.3) is 0 Å². The van der Waals surface area contributed by atoms with Gasteiger partial charge in [-0.3, -0.25) is 0 Å². The Morgan fingerprint density at radius 1 is 1.75 bits per heavy atom. The van der Waals surface area contributed by atoms with Crippen LogP contribution in [0.3, 0.4) is 0 Å². The lowest BCUT2D eigenvalue weighted by atomic mass is 10.5. The maximum Gasteiger partial charge on any atom is 0.131 e. The quantitative estimate of drug-likeness (QED) is 0.546. The van der Waals surface area contributed by atoms with Crippen LogP contribution in [0, 0.1) is 4.64 Å². The molecule has 12 heavy (non-hydrogen) atoms.